The zero-order chi connectivity index (χ0) is 17.3. The van der Waals surface area contributed by atoms with Gasteiger partial charge in [0.05, 0.1) is 0 Å². The van der Waals surface area contributed by atoms with E-state index in [0.717, 1.165) is 15.8 Å². The average Bonchev–Trinajstić information content (AvgIpc) is 2.91. The van der Waals surface area contributed by atoms with Crippen LogP contribution in [-0.4, -0.2) is 34.8 Å². The lowest BCUT2D eigenvalue weighted by Gasteiger charge is -2.11. The van der Waals surface area contributed by atoms with Gasteiger partial charge in [-0.15, -0.1) is 0 Å². The van der Waals surface area contributed by atoms with Crippen LogP contribution >= 0.6 is 11.6 Å². The summed E-state index contributed by atoms with van der Waals surface area (Å²) in [5, 5.41) is 10.4. The number of carboxylic acid groups (broad SMARTS) is 1. The first kappa shape index (κ1) is 15.9. The number of rotatable bonds is 1. The molecule has 0 amide bonds. The molecule has 5 nitrogen and oxygen atoms in total. The quantitative estimate of drug-likeness (QED) is 0.542. The molecule has 0 fully saturated rings. The number of aromatic nitrogens is 2. The Bertz CT molecular complexity index is 979. The van der Waals surface area contributed by atoms with Gasteiger partial charge in [0.25, 0.3) is 0 Å². The van der Waals surface area contributed by atoms with E-state index in [1.165, 1.54) is 0 Å². The van der Waals surface area contributed by atoms with Crippen molar-refractivity contribution in [3.8, 4) is 11.8 Å². The number of fused-ring (bicyclic) bond motifs is 1. The van der Waals surface area contributed by atoms with Gasteiger partial charge in [0.1, 0.15) is 10.8 Å². The van der Waals surface area contributed by atoms with Gasteiger partial charge in [-0.25, -0.2) is 14.3 Å². The summed E-state index contributed by atoms with van der Waals surface area (Å²) >= 11 is 5.86. The van der Waals surface area contributed by atoms with Crippen molar-refractivity contribution in [3.05, 3.63) is 58.9 Å². The van der Waals surface area contributed by atoms with Gasteiger partial charge in [-0.2, -0.15) is 0 Å². The third-order valence-electron chi connectivity index (χ3n) is 3.53. The molecule has 2 aromatic heterocycles. The minimum Gasteiger partial charge on any atom is -0.464 e. The molecule has 0 spiro atoms. The number of benzene rings is 1. The van der Waals surface area contributed by atoms with Crippen molar-refractivity contribution < 1.29 is 9.90 Å². The van der Waals surface area contributed by atoms with E-state index in [1.54, 1.807) is 18.2 Å². The molecule has 6 heteroatoms. The van der Waals surface area contributed by atoms with E-state index in [1.807, 2.05) is 43.3 Å². The molecular weight excluding hydrogens is 326 g/mol. The summed E-state index contributed by atoms with van der Waals surface area (Å²) in [4.78, 5) is 17.6. The van der Waals surface area contributed by atoms with Gasteiger partial charge in [-0.3, -0.25) is 0 Å². The second kappa shape index (κ2) is 6.26. The van der Waals surface area contributed by atoms with Crippen LogP contribution in [0, 0.1) is 11.8 Å². The molecule has 3 rings (SSSR count). The van der Waals surface area contributed by atoms with Gasteiger partial charge >= 0.3 is 6.09 Å². The highest BCUT2D eigenvalue weighted by molar-refractivity contribution is 6.29. The van der Waals surface area contributed by atoms with E-state index < -0.39 is 6.09 Å². The summed E-state index contributed by atoms with van der Waals surface area (Å²) in [7, 11) is 3.92. The minimum atomic E-state index is -1.15. The zero-order valence-electron chi connectivity index (χ0n) is 13.1. The lowest BCUT2D eigenvalue weighted by molar-refractivity contribution is 0.197. The monoisotopic (exact) mass is 339 g/mol. The van der Waals surface area contributed by atoms with Gasteiger partial charge in [0.2, 0.25) is 0 Å². The summed E-state index contributed by atoms with van der Waals surface area (Å²) in [6.07, 6.45) is -1.15. The van der Waals surface area contributed by atoms with Crippen LogP contribution in [0.4, 0.5) is 10.5 Å². The number of pyridine rings is 1. The fourth-order valence-electron chi connectivity index (χ4n) is 2.32. The molecule has 0 aliphatic heterocycles. The standard InChI is InChI=1S/C18H14ClN3O2/c1-21(2)14-7-3-12(4-8-14)5-9-15-11-13-6-10-16(19)20-17(13)22(15)18(23)24/h3-4,6-8,10-11H,1-2H3,(H,23,24). The zero-order valence-corrected chi connectivity index (χ0v) is 13.9. The first-order valence-electron chi connectivity index (χ1n) is 7.16. The molecule has 0 unspecified atom stereocenters. The van der Waals surface area contributed by atoms with Crippen molar-refractivity contribution in [2.75, 3.05) is 19.0 Å². The van der Waals surface area contributed by atoms with Crippen molar-refractivity contribution >= 4 is 34.4 Å². The number of hydrogen-bond donors (Lipinski definition) is 1. The molecular formula is C18H14ClN3O2. The van der Waals surface area contributed by atoms with E-state index in [9.17, 15) is 9.90 Å². The normalized spacial score (nSPS) is 10.3. The smallest absolute Gasteiger partial charge is 0.418 e. The van der Waals surface area contributed by atoms with E-state index in [0.29, 0.717) is 11.1 Å². The maximum atomic E-state index is 11.5. The predicted octanol–water partition coefficient (Wildman–Crippen LogP) is 3.68. The summed E-state index contributed by atoms with van der Waals surface area (Å²) < 4.78 is 1.04. The Kier molecular flexibility index (Phi) is 4.15. The first-order valence-corrected chi connectivity index (χ1v) is 7.54. The lowest BCUT2D eigenvalue weighted by atomic mass is 10.2. The van der Waals surface area contributed by atoms with Crippen molar-refractivity contribution in [1.82, 2.24) is 9.55 Å². The summed E-state index contributed by atoms with van der Waals surface area (Å²) in [6, 6.07) is 12.7. The van der Waals surface area contributed by atoms with E-state index in [-0.39, 0.29) is 10.8 Å². The Balaban J connectivity index is 2.04. The second-order valence-corrected chi connectivity index (χ2v) is 5.77. The van der Waals surface area contributed by atoms with Gasteiger partial charge in [0, 0.05) is 30.7 Å². The third-order valence-corrected chi connectivity index (χ3v) is 3.74. The number of hydrogen-bond acceptors (Lipinski definition) is 3. The molecule has 0 bridgehead atoms. The van der Waals surface area contributed by atoms with Crippen LogP contribution in [0.25, 0.3) is 11.0 Å². The Labute approximate surface area is 144 Å². The van der Waals surface area contributed by atoms with Crippen LogP contribution in [-0.2, 0) is 0 Å². The molecule has 24 heavy (non-hydrogen) atoms. The summed E-state index contributed by atoms with van der Waals surface area (Å²) in [6.45, 7) is 0. The molecule has 1 N–H and O–H groups in total. The van der Waals surface area contributed by atoms with Gasteiger partial charge in [-0.05, 0) is 48.4 Å². The summed E-state index contributed by atoms with van der Waals surface area (Å²) in [5.74, 6) is 5.89. The molecule has 2 heterocycles. The van der Waals surface area contributed by atoms with Crippen molar-refractivity contribution in [2.24, 2.45) is 0 Å². The second-order valence-electron chi connectivity index (χ2n) is 5.39. The Morgan fingerprint density at radius 2 is 1.88 bits per heavy atom. The van der Waals surface area contributed by atoms with Crippen LogP contribution < -0.4 is 4.90 Å². The molecule has 0 aliphatic rings. The molecule has 0 aliphatic carbocycles. The lowest BCUT2D eigenvalue weighted by Crippen LogP contribution is -2.10. The number of carbonyl (C=O) groups is 1. The van der Waals surface area contributed by atoms with Crippen LogP contribution in [0.15, 0.2) is 42.5 Å². The minimum absolute atomic E-state index is 0.238. The van der Waals surface area contributed by atoms with Crippen molar-refractivity contribution in [1.29, 1.82) is 0 Å². The van der Waals surface area contributed by atoms with E-state index >= 15 is 0 Å². The highest BCUT2D eigenvalue weighted by atomic mass is 35.5. The van der Waals surface area contributed by atoms with Crippen LogP contribution in [0.2, 0.25) is 5.15 Å². The maximum Gasteiger partial charge on any atom is 0.418 e. The van der Waals surface area contributed by atoms with Crippen LogP contribution in [0.1, 0.15) is 11.3 Å². The Hall–Kier alpha value is -2.97. The van der Waals surface area contributed by atoms with Gasteiger partial charge in [-0.1, -0.05) is 17.5 Å². The predicted molar refractivity (Wildman–Crippen MR) is 94.9 cm³/mol. The highest BCUT2D eigenvalue weighted by Gasteiger charge is 2.14. The third kappa shape index (κ3) is 3.05. The van der Waals surface area contributed by atoms with Crippen molar-refractivity contribution in [3.63, 3.8) is 0 Å². The van der Waals surface area contributed by atoms with Gasteiger partial charge in [0.15, 0.2) is 5.65 Å². The number of halogens is 1. The Morgan fingerprint density at radius 1 is 1.17 bits per heavy atom. The largest absolute Gasteiger partial charge is 0.464 e. The molecule has 3 aromatic rings. The van der Waals surface area contributed by atoms with Crippen LogP contribution in [0.3, 0.4) is 0 Å². The van der Waals surface area contributed by atoms with Crippen LogP contribution in [0.5, 0.6) is 0 Å². The van der Waals surface area contributed by atoms with Crippen molar-refractivity contribution in [2.45, 2.75) is 0 Å². The molecule has 0 saturated carbocycles. The first-order chi connectivity index (χ1) is 11.5. The highest BCUT2D eigenvalue weighted by Crippen LogP contribution is 2.20. The molecule has 0 saturated heterocycles. The fourth-order valence-corrected chi connectivity index (χ4v) is 2.46. The molecule has 1 aromatic carbocycles. The van der Waals surface area contributed by atoms with E-state index in [4.69, 9.17) is 11.6 Å². The number of nitrogens with zero attached hydrogens (tertiary/aromatic N) is 3. The van der Waals surface area contributed by atoms with E-state index in [2.05, 4.69) is 16.8 Å². The Morgan fingerprint density at radius 3 is 2.50 bits per heavy atom. The average molecular weight is 340 g/mol. The van der Waals surface area contributed by atoms with Gasteiger partial charge < -0.3 is 10.0 Å². The summed E-state index contributed by atoms with van der Waals surface area (Å²) in [5.41, 5.74) is 2.50. The SMILES string of the molecule is CN(C)c1ccc(C#Cc2cc3ccc(Cl)nc3n2C(=O)O)cc1. The molecule has 120 valence electrons. The fraction of sp³-hybridized carbons (Fsp3) is 0.111. The molecule has 0 radical (unpaired) electrons. The molecule has 0 atom stereocenters. The number of anilines is 1. The topological polar surface area (TPSA) is 58.4 Å². The maximum absolute atomic E-state index is 11.5.